The molecule has 6 heteroatoms. The van der Waals surface area contributed by atoms with E-state index in [-0.39, 0.29) is 0 Å². The Morgan fingerprint density at radius 1 is 1.54 bits per heavy atom. The van der Waals surface area contributed by atoms with Gasteiger partial charge in [-0.1, -0.05) is 6.07 Å². The number of quaternary nitrogens is 1. The maximum atomic E-state index is 13.0. The van der Waals surface area contributed by atoms with Crippen LogP contribution in [0.4, 0.5) is 10.1 Å². The molecule has 0 aliphatic heterocycles. The molecular weight excluding hydrogens is 181 g/mol. The second-order valence-electron chi connectivity index (χ2n) is 2.28. The van der Waals surface area contributed by atoms with Crippen LogP contribution in [0.5, 0.6) is 0 Å². The third kappa shape index (κ3) is 1.81. The van der Waals surface area contributed by atoms with Crippen LogP contribution in [0.1, 0.15) is 10.4 Å². The van der Waals surface area contributed by atoms with Crippen LogP contribution in [0.3, 0.4) is 0 Å². The predicted molar refractivity (Wildman–Crippen MR) is 39.1 cm³/mol. The smallest absolute Gasteiger partial charge is 0.338 e. The summed E-state index contributed by atoms with van der Waals surface area (Å²) >= 11 is 0. The highest BCUT2D eigenvalue weighted by atomic mass is 19.1. The normalized spacial score (nSPS) is 12.5. The van der Waals surface area contributed by atoms with Crippen molar-refractivity contribution in [2.24, 2.45) is 0 Å². The standard InChI is InChI=1S/C7H6FNO4/c8-6-4(7(10)11)2-1-3-5(6)9(12)13/h1-3,9,12H,(H,10,11). The minimum atomic E-state index is -1.49. The van der Waals surface area contributed by atoms with E-state index < -0.39 is 28.3 Å². The van der Waals surface area contributed by atoms with Gasteiger partial charge in [0.15, 0.2) is 0 Å². The molecule has 0 fully saturated rings. The zero-order valence-corrected chi connectivity index (χ0v) is 6.32. The van der Waals surface area contributed by atoms with Crippen molar-refractivity contribution in [3.05, 3.63) is 34.8 Å². The average molecular weight is 187 g/mol. The number of rotatable bonds is 2. The molecule has 1 aromatic carbocycles. The minimum Gasteiger partial charge on any atom is -0.595 e. The van der Waals surface area contributed by atoms with Crippen molar-refractivity contribution in [1.82, 2.24) is 0 Å². The quantitative estimate of drug-likeness (QED) is 0.565. The van der Waals surface area contributed by atoms with Crippen molar-refractivity contribution >= 4 is 11.7 Å². The van der Waals surface area contributed by atoms with E-state index in [1.54, 1.807) is 0 Å². The lowest BCUT2D eigenvalue weighted by molar-refractivity contribution is -0.992. The monoisotopic (exact) mass is 187 g/mol. The molecule has 0 amide bonds. The number of halogens is 1. The summed E-state index contributed by atoms with van der Waals surface area (Å²) in [6, 6.07) is 3.18. The molecule has 1 atom stereocenters. The first kappa shape index (κ1) is 9.59. The Kier molecular flexibility index (Phi) is 2.57. The van der Waals surface area contributed by atoms with Gasteiger partial charge in [0.1, 0.15) is 5.56 Å². The summed E-state index contributed by atoms with van der Waals surface area (Å²) in [4.78, 5) is 10.4. The van der Waals surface area contributed by atoms with Gasteiger partial charge in [0, 0.05) is 6.07 Å². The maximum Gasteiger partial charge on any atom is 0.338 e. The van der Waals surface area contributed by atoms with Gasteiger partial charge in [0.25, 0.3) is 0 Å². The second-order valence-corrected chi connectivity index (χ2v) is 2.28. The fourth-order valence-corrected chi connectivity index (χ4v) is 0.862. The molecule has 0 saturated carbocycles. The summed E-state index contributed by atoms with van der Waals surface area (Å²) in [7, 11) is 0. The van der Waals surface area contributed by atoms with Crippen molar-refractivity contribution in [2.75, 3.05) is 0 Å². The third-order valence-corrected chi connectivity index (χ3v) is 1.46. The number of aromatic carboxylic acids is 1. The van der Waals surface area contributed by atoms with Gasteiger partial charge < -0.3 is 10.3 Å². The fourth-order valence-electron chi connectivity index (χ4n) is 0.862. The summed E-state index contributed by atoms with van der Waals surface area (Å²) in [6.07, 6.45) is 0. The molecule has 0 aliphatic rings. The van der Waals surface area contributed by atoms with E-state index in [2.05, 4.69) is 0 Å². The summed E-state index contributed by atoms with van der Waals surface area (Å²) < 4.78 is 13.0. The van der Waals surface area contributed by atoms with Gasteiger partial charge in [0.05, 0.1) is 0 Å². The number of nitrogens with one attached hydrogen (secondary N) is 1. The molecule has 0 bridgehead atoms. The van der Waals surface area contributed by atoms with Crippen LogP contribution in [0.15, 0.2) is 18.2 Å². The Morgan fingerprint density at radius 2 is 2.15 bits per heavy atom. The topological polar surface area (TPSA) is 85.0 Å². The molecule has 1 aromatic rings. The first-order valence-corrected chi connectivity index (χ1v) is 3.29. The number of carboxylic acid groups (broad SMARTS) is 1. The predicted octanol–water partition coefficient (Wildman–Crippen LogP) is -0.0727. The third-order valence-electron chi connectivity index (χ3n) is 1.46. The van der Waals surface area contributed by atoms with Gasteiger partial charge >= 0.3 is 5.97 Å². The van der Waals surface area contributed by atoms with Crippen LogP contribution in [0.25, 0.3) is 0 Å². The Morgan fingerprint density at radius 3 is 2.62 bits per heavy atom. The van der Waals surface area contributed by atoms with E-state index in [4.69, 9.17) is 10.3 Å². The Hall–Kier alpha value is -1.50. The lowest BCUT2D eigenvalue weighted by atomic mass is 10.2. The molecule has 70 valence electrons. The molecule has 13 heavy (non-hydrogen) atoms. The van der Waals surface area contributed by atoms with Crippen molar-refractivity contribution in [2.45, 2.75) is 0 Å². The van der Waals surface area contributed by atoms with E-state index in [1.165, 1.54) is 6.07 Å². The van der Waals surface area contributed by atoms with E-state index >= 15 is 0 Å². The first-order chi connectivity index (χ1) is 6.04. The SMILES string of the molecule is O=C(O)c1cccc([NH+]([O-])O)c1F. The van der Waals surface area contributed by atoms with Gasteiger partial charge in [-0.2, -0.15) is 9.62 Å². The second kappa shape index (κ2) is 3.48. The lowest BCUT2D eigenvalue weighted by Gasteiger charge is -2.12. The Balaban J connectivity index is 3.26. The van der Waals surface area contributed by atoms with Crippen molar-refractivity contribution in [3.8, 4) is 0 Å². The van der Waals surface area contributed by atoms with Crippen LogP contribution in [0.2, 0.25) is 0 Å². The van der Waals surface area contributed by atoms with E-state index in [0.717, 1.165) is 12.1 Å². The molecule has 0 radical (unpaired) electrons. The number of carboxylic acids is 1. The molecule has 0 heterocycles. The zero-order valence-electron chi connectivity index (χ0n) is 6.32. The molecular formula is C7H6FNO4. The van der Waals surface area contributed by atoms with Crippen LogP contribution >= 0.6 is 0 Å². The molecule has 1 unspecified atom stereocenters. The van der Waals surface area contributed by atoms with Crippen molar-refractivity contribution in [3.63, 3.8) is 0 Å². The highest BCUT2D eigenvalue weighted by Crippen LogP contribution is 2.13. The number of hydrogen-bond donors (Lipinski definition) is 3. The summed E-state index contributed by atoms with van der Waals surface area (Å²) in [5.41, 5.74) is -1.28. The largest absolute Gasteiger partial charge is 0.595 e. The summed E-state index contributed by atoms with van der Waals surface area (Å²) in [5.74, 6) is -2.71. The number of benzene rings is 1. The van der Waals surface area contributed by atoms with Crippen LogP contribution in [-0.4, -0.2) is 16.3 Å². The first-order valence-electron chi connectivity index (χ1n) is 3.29. The van der Waals surface area contributed by atoms with Gasteiger partial charge in [-0.15, -0.1) is 0 Å². The Labute approximate surface area is 72.2 Å². The molecule has 0 aromatic heterocycles. The van der Waals surface area contributed by atoms with Crippen LogP contribution in [-0.2, 0) is 0 Å². The molecule has 0 aliphatic carbocycles. The molecule has 5 nitrogen and oxygen atoms in total. The van der Waals surface area contributed by atoms with Crippen molar-refractivity contribution in [1.29, 1.82) is 0 Å². The minimum absolute atomic E-state index is 0.639. The number of hydrogen-bond acceptors (Lipinski definition) is 3. The average Bonchev–Trinajstić information content (AvgIpc) is 2.03. The van der Waals surface area contributed by atoms with Gasteiger partial charge in [-0.05, 0) is 6.07 Å². The zero-order chi connectivity index (χ0) is 10.0. The summed E-state index contributed by atoms with van der Waals surface area (Å²) in [6.45, 7) is 0. The highest BCUT2D eigenvalue weighted by molar-refractivity contribution is 5.88. The highest BCUT2D eigenvalue weighted by Gasteiger charge is 2.17. The van der Waals surface area contributed by atoms with E-state index in [9.17, 15) is 14.4 Å². The van der Waals surface area contributed by atoms with Gasteiger partial charge in [-0.3, -0.25) is 0 Å². The fraction of sp³-hybridized carbons (Fsp3) is 0. The molecule has 1 rings (SSSR count). The molecule has 0 spiro atoms. The van der Waals surface area contributed by atoms with Crippen LogP contribution in [0, 0.1) is 11.0 Å². The number of carbonyl (C=O) groups is 1. The van der Waals surface area contributed by atoms with E-state index in [0.29, 0.717) is 0 Å². The summed E-state index contributed by atoms with van der Waals surface area (Å²) in [5, 5.41) is 25.8. The van der Waals surface area contributed by atoms with Crippen molar-refractivity contribution < 1.29 is 24.7 Å². The molecule has 3 N–H and O–H groups in total. The van der Waals surface area contributed by atoms with E-state index in [1.807, 2.05) is 0 Å². The maximum absolute atomic E-state index is 13.0. The van der Waals surface area contributed by atoms with Gasteiger partial charge in [-0.25, -0.2) is 10.0 Å². The molecule has 0 saturated heterocycles. The lowest BCUT2D eigenvalue weighted by Crippen LogP contribution is -2.99. The Bertz CT molecular complexity index is 339. The van der Waals surface area contributed by atoms with Gasteiger partial charge in [0.2, 0.25) is 11.5 Å². The van der Waals surface area contributed by atoms with Crippen LogP contribution < -0.4 is 5.23 Å².